The predicted molar refractivity (Wildman–Crippen MR) is 89.8 cm³/mol. The molecule has 25 heavy (non-hydrogen) atoms. The van der Waals surface area contributed by atoms with Crippen molar-refractivity contribution in [1.82, 2.24) is 4.90 Å². The van der Waals surface area contributed by atoms with Crippen LogP contribution < -0.4 is 4.74 Å². The molecule has 3 fully saturated rings. The minimum absolute atomic E-state index is 0.0454. The van der Waals surface area contributed by atoms with Crippen LogP contribution in [0, 0.1) is 5.92 Å². The fraction of sp³-hybridized carbons (Fsp3) is 0.650. The number of phenols is 1. The summed E-state index contributed by atoms with van der Waals surface area (Å²) >= 11 is 0. The Labute approximate surface area is 146 Å². The lowest BCUT2D eigenvalue weighted by atomic mass is 9.49. The maximum Gasteiger partial charge on any atom is 0.174 e. The predicted octanol–water partition coefficient (Wildman–Crippen LogP) is 1.53. The van der Waals surface area contributed by atoms with Gasteiger partial charge in [0, 0.05) is 24.6 Å². The molecule has 1 aromatic carbocycles. The number of piperidine rings is 1. The monoisotopic (exact) mass is 341 g/mol. The van der Waals surface area contributed by atoms with E-state index in [1.165, 1.54) is 12.8 Å². The van der Waals surface area contributed by atoms with E-state index in [1.54, 1.807) is 6.07 Å². The summed E-state index contributed by atoms with van der Waals surface area (Å²) < 4.78 is 6.04. The molecular weight excluding hydrogens is 318 g/mol. The van der Waals surface area contributed by atoms with E-state index in [0.717, 1.165) is 43.0 Å². The molecule has 0 aromatic heterocycles. The Hall–Kier alpha value is -1.59. The van der Waals surface area contributed by atoms with Gasteiger partial charge in [-0.1, -0.05) is 6.07 Å². The molecule has 5 nitrogen and oxygen atoms in total. The van der Waals surface area contributed by atoms with Gasteiger partial charge in [0.1, 0.15) is 0 Å². The van der Waals surface area contributed by atoms with Crippen molar-refractivity contribution in [2.45, 2.75) is 61.7 Å². The summed E-state index contributed by atoms with van der Waals surface area (Å²) in [4.78, 5) is 15.2. The van der Waals surface area contributed by atoms with Crippen LogP contribution in [0.5, 0.6) is 11.5 Å². The van der Waals surface area contributed by atoms with Gasteiger partial charge in [-0.2, -0.15) is 0 Å². The molecule has 1 saturated heterocycles. The second-order valence-corrected chi connectivity index (χ2v) is 8.72. The number of hydrogen-bond acceptors (Lipinski definition) is 5. The van der Waals surface area contributed by atoms with Gasteiger partial charge in [-0.15, -0.1) is 0 Å². The molecule has 2 bridgehead atoms. The number of ketones is 1. The number of hydrogen-bond donors (Lipinski definition) is 2. The highest BCUT2D eigenvalue weighted by molar-refractivity contribution is 5.90. The van der Waals surface area contributed by atoms with E-state index in [1.807, 2.05) is 6.07 Å². The Bertz CT molecular complexity index is 803. The quantitative estimate of drug-likeness (QED) is 0.854. The van der Waals surface area contributed by atoms with Crippen LogP contribution in [-0.4, -0.2) is 51.7 Å². The second-order valence-electron chi connectivity index (χ2n) is 8.72. The molecule has 3 aliphatic carbocycles. The molecule has 132 valence electrons. The molecular formula is C20H23NO4. The average Bonchev–Trinajstić information content (AvgIpc) is 3.32. The normalized spacial score (nSPS) is 41.4. The second kappa shape index (κ2) is 4.38. The van der Waals surface area contributed by atoms with Gasteiger partial charge in [0.25, 0.3) is 0 Å². The maximum atomic E-state index is 12.7. The number of rotatable bonds is 2. The van der Waals surface area contributed by atoms with E-state index < -0.39 is 17.1 Å². The maximum absolute atomic E-state index is 12.7. The number of aromatic hydroxyl groups is 1. The highest BCUT2D eigenvalue weighted by atomic mass is 16.5. The Morgan fingerprint density at radius 1 is 1.28 bits per heavy atom. The zero-order valence-electron chi connectivity index (χ0n) is 14.2. The van der Waals surface area contributed by atoms with Crippen molar-refractivity contribution >= 4 is 5.78 Å². The number of carbonyl (C=O) groups excluding carboxylic acids is 1. The van der Waals surface area contributed by atoms with Crippen LogP contribution in [0.2, 0.25) is 0 Å². The van der Waals surface area contributed by atoms with E-state index in [0.29, 0.717) is 18.6 Å². The van der Waals surface area contributed by atoms with Crippen LogP contribution >= 0.6 is 0 Å². The standard InChI is InChI=1S/C20H23NO4/c22-13-4-3-12-9-15-20(24)6-5-14(23)18-19(20,16(12)17(13)25-18)7-8-21(15)10-11-1-2-11/h3-4,11,15,18,22,24H,1-2,5-10H2/t15-,18-,19+,20?/m1/s1. The molecule has 4 atom stereocenters. The van der Waals surface area contributed by atoms with Crippen molar-refractivity contribution in [2.75, 3.05) is 13.1 Å². The molecule has 1 spiro atoms. The number of carbonyl (C=O) groups is 1. The zero-order chi connectivity index (χ0) is 17.0. The van der Waals surface area contributed by atoms with Gasteiger partial charge in [0.15, 0.2) is 23.4 Å². The summed E-state index contributed by atoms with van der Waals surface area (Å²) in [6.07, 6.45) is 4.33. The summed E-state index contributed by atoms with van der Waals surface area (Å²) in [6, 6.07) is 3.69. The van der Waals surface area contributed by atoms with Gasteiger partial charge >= 0.3 is 0 Å². The molecule has 2 aliphatic heterocycles. The Balaban J connectivity index is 1.58. The van der Waals surface area contributed by atoms with Gasteiger partial charge in [-0.05, 0) is 56.2 Å². The van der Waals surface area contributed by atoms with Crippen molar-refractivity contribution < 1.29 is 19.7 Å². The van der Waals surface area contributed by atoms with Gasteiger partial charge in [0.2, 0.25) is 0 Å². The number of benzene rings is 1. The average molecular weight is 341 g/mol. The summed E-state index contributed by atoms with van der Waals surface area (Å²) in [6.45, 7) is 1.95. The fourth-order valence-corrected chi connectivity index (χ4v) is 6.26. The molecule has 5 heteroatoms. The Kier molecular flexibility index (Phi) is 2.55. The van der Waals surface area contributed by atoms with Gasteiger partial charge in [-0.25, -0.2) is 0 Å². The van der Waals surface area contributed by atoms with Crippen molar-refractivity contribution in [3.63, 3.8) is 0 Å². The van der Waals surface area contributed by atoms with Crippen molar-refractivity contribution in [2.24, 2.45) is 5.92 Å². The number of ether oxygens (including phenoxy) is 1. The van der Waals surface area contributed by atoms with Gasteiger partial charge in [-0.3, -0.25) is 9.69 Å². The third kappa shape index (κ3) is 1.56. The molecule has 0 amide bonds. The largest absolute Gasteiger partial charge is 0.504 e. The Morgan fingerprint density at radius 2 is 2.12 bits per heavy atom. The summed E-state index contributed by atoms with van der Waals surface area (Å²) in [5.41, 5.74) is 0.454. The number of phenolic OH excluding ortho intramolecular Hbond substituents is 1. The molecule has 6 rings (SSSR count). The molecule has 0 radical (unpaired) electrons. The fourth-order valence-electron chi connectivity index (χ4n) is 6.26. The summed E-state index contributed by atoms with van der Waals surface area (Å²) in [5.74, 6) is 1.39. The number of nitrogens with zero attached hydrogens (tertiary/aromatic N) is 1. The number of Topliss-reactive ketones (excluding diaryl/α,β-unsaturated/α-hetero) is 1. The van der Waals surface area contributed by atoms with Gasteiger partial charge < -0.3 is 14.9 Å². The van der Waals surface area contributed by atoms with Crippen LogP contribution in [0.4, 0.5) is 0 Å². The third-order valence-electron chi connectivity index (χ3n) is 7.56. The lowest BCUT2D eigenvalue weighted by Crippen LogP contribution is -2.76. The molecule has 2 saturated carbocycles. The SMILES string of the molecule is O=C1CCC2(O)[C@H]3Cc4ccc(O)c5c4[C@@]2(CCN3CC2CC2)[C@@H]1O5. The highest BCUT2D eigenvalue weighted by Gasteiger charge is 2.73. The first-order valence-corrected chi connectivity index (χ1v) is 9.56. The first-order chi connectivity index (χ1) is 12.0. The third-order valence-corrected chi connectivity index (χ3v) is 7.56. The van der Waals surface area contributed by atoms with Crippen LogP contribution in [0.1, 0.15) is 43.2 Å². The number of likely N-dealkylation sites (tertiary alicyclic amines) is 1. The number of aliphatic hydroxyl groups is 1. The minimum Gasteiger partial charge on any atom is -0.504 e. The lowest BCUT2D eigenvalue weighted by Gasteiger charge is -2.62. The molecule has 1 aromatic rings. The highest BCUT2D eigenvalue weighted by Crippen LogP contribution is 2.64. The van der Waals surface area contributed by atoms with E-state index in [-0.39, 0.29) is 17.6 Å². The Morgan fingerprint density at radius 3 is 2.92 bits per heavy atom. The van der Waals surface area contributed by atoms with E-state index in [4.69, 9.17) is 4.74 Å². The first-order valence-electron chi connectivity index (χ1n) is 9.56. The van der Waals surface area contributed by atoms with Crippen LogP contribution in [0.15, 0.2) is 12.1 Å². The summed E-state index contributed by atoms with van der Waals surface area (Å²) in [7, 11) is 0. The molecule has 2 N–H and O–H groups in total. The zero-order valence-corrected chi connectivity index (χ0v) is 14.2. The van der Waals surface area contributed by atoms with E-state index in [9.17, 15) is 15.0 Å². The van der Waals surface area contributed by atoms with Crippen molar-refractivity contribution in [3.8, 4) is 11.5 Å². The topological polar surface area (TPSA) is 70.0 Å². The van der Waals surface area contributed by atoms with Crippen molar-refractivity contribution in [3.05, 3.63) is 23.3 Å². The molecule has 2 heterocycles. The van der Waals surface area contributed by atoms with E-state index in [2.05, 4.69) is 4.90 Å². The van der Waals surface area contributed by atoms with Crippen LogP contribution in [-0.2, 0) is 16.6 Å². The van der Waals surface area contributed by atoms with Gasteiger partial charge in [0.05, 0.1) is 11.0 Å². The smallest absolute Gasteiger partial charge is 0.174 e. The van der Waals surface area contributed by atoms with Crippen LogP contribution in [0.3, 0.4) is 0 Å². The first kappa shape index (κ1) is 14.6. The summed E-state index contributed by atoms with van der Waals surface area (Å²) in [5, 5.41) is 22.3. The van der Waals surface area contributed by atoms with Crippen molar-refractivity contribution in [1.29, 1.82) is 0 Å². The van der Waals surface area contributed by atoms with Crippen LogP contribution in [0.25, 0.3) is 0 Å². The minimum atomic E-state index is -0.940. The molecule has 5 aliphatic rings. The lowest BCUT2D eigenvalue weighted by molar-refractivity contribution is -0.188. The molecule has 1 unspecified atom stereocenters. The van der Waals surface area contributed by atoms with E-state index >= 15 is 0 Å².